The fraction of sp³-hybridized carbons (Fsp3) is 0.632. The second-order valence-electron chi connectivity index (χ2n) is 7.01. The summed E-state index contributed by atoms with van der Waals surface area (Å²) >= 11 is 0. The van der Waals surface area contributed by atoms with Gasteiger partial charge in [-0.2, -0.15) is 0 Å². The molecule has 0 bridgehead atoms. The molecule has 2 rings (SSSR count). The van der Waals surface area contributed by atoms with Crippen molar-refractivity contribution in [3.63, 3.8) is 0 Å². The molecule has 1 fully saturated rings. The summed E-state index contributed by atoms with van der Waals surface area (Å²) in [5, 5.41) is 13.0. The number of amides is 1. The van der Waals surface area contributed by atoms with Crippen LogP contribution in [0.3, 0.4) is 0 Å². The Morgan fingerprint density at radius 2 is 2.00 bits per heavy atom. The highest BCUT2D eigenvalue weighted by Gasteiger charge is 2.23. The van der Waals surface area contributed by atoms with Crippen molar-refractivity contribution in [2.45, 2.75) is 52.2 Å². The Morgan fingerprint density at radius 3 is 2.50 bits per heavy atom. The van der Waals surface area contributed by atoms with Crippen molar-refractivity contribution >= 4 is 11.6 Å². The van der Waals surface area contributed by atoms with E-state index < -0.39 is 6.10 Å². The normalized spacial score (nSPS) is 16.1. The Bertz CT molecular complexity index is 512. The molecule has 5 nitrogen and oxygen atoms in total. The molecule has 1 saturated carbocycles. The molecule has 0 aromatic heterocycles. The molecular formula is C19H30N2O3. The van der Waals surface area contributed by atoms with Gasteiger partial charge in [0.25, 0.3) is 0 Å². The van der Waals surface area contributed by atoms with Crippen LogP contribution in [0.15, 0.2) is 24.3 Å². The van der Waals surface area contributed by atoms with Crippen molar-refractivity contribution in [1.82, 2.24) is 4.90 Å². The molecule has 2 N–H and O–H groups in total. The van der Waals surface area contributed by atoms with Gasteiger partial charge in [0.1, 0.15) is 18.5 Å². The van der Waals surface area contributed by atoms with Crippen LogP contribution >= 0.6 is 0 Å². The summed E-state index contributed by atoms with van der Waals surface area (Å²) in [6.45, 7) is 7.80. The van der Waals surface area contributed by atoms with Crippen LogP contribution in [0.4, 0.5) is 5.69 Å². The first-order valence-electron chi connectivity index (χ1n) is 8.86. The first kappa shape index (κ1) is 18.7. The average Bonchev–Trinajstić information content (AvgIpc) is 2.48. The monoisotopic (exact) mass is 334 g/mol. The first-order valence-corrected chi connectivity index (χ1v) is 8.86. The molecule has 134 valence electrons. The summed E-state index contributed by atoms with van der Waals surface area (Å²) in [6, 6.07) is 7.61. The minimum atomic E-state index is -0.512. The van der Waals surface area contributed by atoms with Crippen LogP contribution in [0.1, 0.15) is 40.0 Å². The molecule has 1 aliphatic carbocycles. The van der Waals surface area contributed by atoms with E-state index in [-0.39, 0.29) is 12.5 Å². The zero-order chi connectivity index (χ0) is 17.5. The number of ether oxygens (including phenoxy) is 1. The molecule has 5 heteroatoms. The van der Waals surface area contributed by atoms with Gasteiger partial charge in [0, 0.05) is 31.7 Å². The van der Waals surface area contributed by atoms with E-state index in [2.05, 4.69) is 24.1 Å². The predicted molar refractivity (Wildman–Crippen MR) is 96.3 cm³/mol. The fourth-order valence-electron chi connectivity index (χ4n) is 2.86. The number of aliphatic hydroxyl groups excluding tert-OH is 1. The lowest BCUT2D eigenvalue weighted by atomic mass is 9.85. The highest BCUT2D eigenvalue weighted by atomic mass is 16.5. The van der Waals surface area contributed by atoms with Gasteiger partial charge in [0.05, 0.1) is 0 Å². The number of hydrogen-bond donors (Lipinski definition) is 2. The standard InChI is InChI=1S/C19H30N2O3/c1-14(2)21(11-16-5-4-6-16)12-18(23)13-24-19-9-7-17(8-10-19)20-15(3)22/h7-10,14,16,18,23H,4-6,11-13H2,1-3H3,(H,20,22). The molecular weight excluding hydrogens is 304 g/mol. The largest absolute Gasteiger partial charge is 0.491 e. The van der Waals surface area contributed by atoms with Crippen molar-refractivity contribution in [1.29, 1.82) is 0 Å². The number of aliphatic hydroxyl groups is 1. The minimum Gasteiger partial charge on any atom is -0.491 e. The van der Waals surface area contributed by atoms with E-state index in [1.54, 1.807) is 24.3 Å². The maximum Gasteiger partial charge on any atom is 0.221 e. The zero-order valence-electron chi connectivity index (χ0n) is 15.0. The number of carbonyl (C=O) groups is 1. The minimum absolute atomic E-state index is 0.0978. The molecule has 0 spiro atoms. The van der Waals surface area contributed by atoms with Crippen LogP contribution in [-0.2, 0) is 4.79 Å². The number of benzene rings is 1. The lowest BCUT2D eigenvalue weighted by molar-refractivity contribution is -0.114. The molecule has 1 amide bonds. The third-order valence-corrected chi connectivity index (χ3v) is 4.51. The van der Waals surface area contributed by atoms with Crippen molar-refractivity contribution in [2.75, 3.05) is 25.0 Å². The SMILES string of the molecule is CC(=O)Nc1ccc(OCC(O)CN(CC2CCC2)C(C)C)cc1. The molecule has 24 heavy (non-hydrogen) atoms. The molecule has 1 atom stereocenters. The molecule has 0 radical (unpaired) electrons. The maximum atomic E-state index is 11.0. The molecule has 0 heterocycles. The van der Waals surface area contributed by atoms with E-state index in [1.165, 1.54) is 26.2 Å². The number of rotatable bonds is 9. The van der Waals surface area contributed by atoms with E-state index in [1.807, 2.05) is 0 Å². The van der Waals surface area contributed by atoms with Gasteiger partial charge >= 0.3 is 0 Å². The van der Waals surface area contributed by atoms with E-state index in [0.29, 0.717) is 18.3 Å². The van der Waals surface area contributed by atoms with E-state index in [9.17, 15) is 9.90 Å². The lowest BCUT2D eigenvalue weighted by Crippen LogP contribution is -2.43. The molecule has 1 unspecified atom stereocenters. The summed E-state index contributed by atoms with van der Waals surface area (Å²) in [5.41, 5.74) is 0.738. The van der Waals surface area contributed by atoms with Gasteiger partial charge in [0.2, 0.25) is 5.91 Å². The average molecular weight is 334 g/mol. The second kappa shape index (κ2) is 9.04. The van der Waals surface area contributed by atoms with Crippen molar-refractivity contribution in [2.24, 2.45) is 5.92 Å². The van der Waals surface area contributed by atoms with Gasteiger partial charge < -0.3 is 15.2 Å². The summed E-state index contributed by atoms with van der Waals surface area (Å²) in [4.78, 5) is 13.3. The van der Waals surface area contributed by atoms with Crippen molar-refractivity contribution < 1.29 is 14.6 Å². The third kappa shape index (κ3) is 6.13. The Balaban J connectivity index is 1.76. The quantitative estimate of drug-likeness (QED) is 0.729. The molecule has 0 aliphatic heterocycles. The van der Waals surface area contributed by atoms with Crippen LogP contribution in [0.5, 0.6) is 5.75 Å². The zero-order valence-corrected chi connectivity index (χ0v) is 15.0. The number of hydrogen-bond acceptors (Lipinski definition) is 4. The van der Waals surface area contributed by atoms with Gasteiger partial charge in [-0.15, -0.1) is 0 Å². The predicted octanol–water partition coefficient (Wildman–Crippen LogP) is 2.90. The number of nitrogens with one attached hydrogen (secondary N) is 1. The van der Waals surface area contributed by atoms with E-state index in [0.717, 1.165) is 18.2 Å². The summed E-state index contributed by atoms with van der Waals surface area (Å²) in [6.07, 6.45) is 3.46. The van der Waals surface area contributed by atoms with Gasteiger partial charge in [-0.1, -0.05) is 6.42 Å². The number of anilines is 1. The van der Waals surface area contributed by atoms with E-state index >= 15 is 0 Å². The van der Waals surface area contributed by atoms with Crippen LogP contribution in [0.25, 0.3) is 0 Å². The smallest absolute Gasteiger partial charge is 0.221 e. The molecule has 1 aliphatic rings. The lowest BCUT2D eigenvalue weighted by Gasteiger charge is -2.35. The number of carbonyl (C=O) groups excluding carboxylic acids is 1. The Morgan fingerprint density at radius 1 is 1.33 bits per heavy atom. The highest BCUT2D eigenvalue weighted by Crippen LogP contribution is 2.27. The first-order chi connectivity index (χ1) is 11.4. The van der Waals surface area contributed by atoms with Gasteiger partial charge in [-0.3, -0.25) is 9.69 Å². The van der Waals surface area contributed by atoms with Crippen molar-refractivity contribution in [3.8, 4) is 5.75 Å². The summed E-state index contributed by atoms with van der Waals surface area (Å²) < 4.78 is 5.66. The topological polar surface area (TPSA) is 61.8 Å². The van der Waals surface area contributed by atoms with Crippen LogP contribution in [0.2, 0.25) is 0 Å². The Labute approximate surface area is 145 Å². The maximum absolute atomic E-state index is 11.0. The summed E-state index contributed by atoms with van der Waals surface area (Å²) in [5.74, 6) is 1.39. The molecule has 1 aromatic carbocycles. The highest BCUT2D eigenvalue weighted by molar-refractivity contribution is 5.88. The fourth-order valence-corrected chi connectivity index (χ4v) is 2.86. The van der Waals surface area contributed by atoms with E-state index in [4.69, 9.17) is 4.74 Å². The van der Waals surface area contributed by atoms with Gasteiger partial charge in [-0.05, 0) is 56.9 Å². The Kier molecular flexibility index (Phi) is 7.06. The third-order valence-electron chi connectivity index (χ3n) is 4.51. The molecule has 1 aromatic rings. The van der Waals surface area contributed by atoms with Gasteiger partial charge in [0.15, 0.2) is 0 Å². The number of nitrogens with zero attached hydrogens (tertiary/aromatic N) is 1. The molecule has 0 saturated heterocycles. The van der Waals surface area contributed by atoms with Crippen LogP contribution < -0.4 is 10.1 Å². The summed E-state index contributed by atoms with van der Waals surface area (Å²) in [7, 11) is 0. The Hall–Kier alpha value is -1.59. The van der Waals surface area contributed by atoms with Crippen LogP contribution in [0, 0.1) is 5.92 Å². The van der Waals surface area contributed by atoms with Crippen LogP contribution in [-0.4, -0.2) is 47.8 Å². The second-order valence-corrected chi connectivity index (χ2v) is 7.01. The van der Waals surface area contributed by atoms with Gasteiger partial charge in [-0.25, -0.2) is 0 Å². The van der Waals surface area contributed by atoms with Crippen molar-refractivity contribution in [3.05, 3.63) is 24.3 Å².